The zero-order chi connectivity index (χ0) is 13.0. The van der Waals surface area contributed by atoms with Crippen LogP contribution in [0.5, 0.6) is 0 Å². The summed E-state index contributed by atoms with van der Waals surface area (Å²) in [6, 6.07) is 3.65. The van der Waals surface area contributed by atoms with Crippen molar-refractivity contribution in [3.63, 3.8) is 0 Å². The molecule has 0 saturated carbocycles. The smallest absolute Gasteiger partial charge is 0.298 e. The molecule has 1 N–H and O–H groups in total. The van der Waals surface area contributed by atoms with Gasteiger partial charge < -0.3 is 5.32 Å². The SMILES string of the molecule is CC(C(=O)Nc1ccc([N+](=O)[O-])cc1)[N+](=O)[O-]. The molecule has 0 radical (unpaired) electrons. The van der Waals surface area contributed by atoms with Crippen LogP contribution in [0.4, 0.5) is 11.4 Å². The highest BCUT2D eigenvalue weighted by Gasteiger charge is 2.23. The van der Waals surface area contributed by atoms with E-state index in [9.17, 15) is 25.0 Å². The lowest BCUT2D eigenvalue weighted by Crippen LogP contribution is -2.31. The van der Waals surface area contributed by atoms with Gasteiger partial charge in [-0.2, -0.15) is 0 Å². The Morgan fingerprint density at radius 3 is 2.18 bits per heavy atom. The summed E-state index contributed by atoms with van der Waals surface area (Å²) in [7, 11) is 0. The Morgan fingerprint density at radius 2 is 1.76 bits per heavy atom. The largest absolute Gasteiger partial charge is 0.320 e. The lowest BCUT2D eigenvalue weighted by atomic mass is 10.2. The number of amides is 1. The van der Waals surface area contributed by atoms with Gasteiger partial charge in [0.1, 0.15) is 0 Å². The Balaban J connectivity index is 2.73. The first-order chi connectivity index (χ1) is 7.91. The molecule has 0 fully saturated rings. The number of anilines is 1. The molecule has 1 unspecified atom stereocenters. The maximum atomic E-state index is 11.3. The monoisotopic (exact) mass is 239 g/mol. The van der Waals surface area contributed by atoms with Gasteiger partial charge in [-0.1, -0.05) is 0 Å². The van der Waals surface area contributed by atoms with Crippen LogP contribution in [0.25, 0.3) is 0 Å². The van der Waals surface area contributed by atoms with E-state index in [-0.39, 0.29) is 11.4 Å². The fraction of sp³-hybridized carbons (Fsp3) is 0.222. The molecule has 0 saturated heterocycles. The number of hydrogen-bond acceptors (Lipinski definition) is 5. The average Bonchev–Trinajstić information content (AvgIpc) is 2.28. The summed E-state index contributed by atoms with van der Waals surface area (Å²) in [4.78, 5) is 30.7. The summed E-state index contributed by atoms with van der Waals surface area (Å²) in [5.74, 6) is -0.774. The Bertz CT molecular complexity index is 456. The molecule has 0 aliphatic rings. The van der Waals surface area contributed by atoms with Crippen molar-refractivity contribution in [3.8, 4) is 0 Å². The summed E-state index contributed by atoms with van der Waals surface area (Å²) >= 11 is 0. The third-order valence-electron chi connectivity index (χ3n) is 2.04. The van der Waals surface area contributed by atoms with Crippen LogP contribution in [0, 0.1) is 20.2 Å². The molecule has 17 heavy (non-hydrogen) atoms. The van der Waals surface area contributed by atoms with Gasteiger partial charge in [-0.25, -0.2) is 0 Å². The maximum Gasteiger partial charge on any atom is 0.298 e. The van der Waals surface area contributed by atoms with Gasteiger partial charge >= 0.3 is 0 Å². The average molecular weight is 239 g/mol. The first-order valence-corrected chi connectivity index (χ1v) is 4.60. The van der Waals surface area contributed by atoms with E-state index in [0.717, 1.165) is 6.92 Å². The molecule has 90 valence electrons. The molecule has 0 aliphatic carbocycles. The maximum absolute atomic E-state index is 11.3. The van der Waals surface area contributed by atoms with Crippen LogP contribution in [-0.4, -0.2) is 21.8 Å². The fourth-order valence-electron chi connectivity index (χ4n) is 1.01. The van der Waals surface area contributed by atoms with Gasteiger partial charge in [0.2, 0.25) is 0 Å². The van der Waals surface area contributed by atoms with Gasteiger partial charge in [-0.15, -0.1) is 0 Å². The summed E-state index contributed by atoms with van der Waals surface area (Å²) in [6.07, 6.45) is 0. The Hall–Kier alpha value is -2.51. The second-order valence-electron chi connectivity index (χ2n) is 3.25. The number of carbonyl (C=O) groups is 1. The van der Waals surface area contributed by atoms with Crippen molar-refractivity contribution in [1.82, 2.24) is 0 Å². The molecule has 0 heterocycles. The third-order valence-corrected chi connectivity index (χ3v) is 2.04. The van der Waals surface area contributed by atoms with Crippen molar-refractivity contribution >= 4 is 17.3 Å². The number of carbonyl (C=O) groups excluding carboxylic acids is 1. The summed E-state index contributed by atoms with van der Waals surface area (Å²) in [5, 5.41) is 23.0. The predicted octanol–water partition coefficient (Wildman–Crippen LogP) is 1.20. The molecule has 1 rings (SSSR count). The van der Waals surface area contributed by atoms with Crippen molar-refractivity contribution in [2.75, 3.05) is 5.32 Å². The zero-order valence-corrected chi connectivity index (χ0v) is 8.82. The number of nitrogens with one attached hydrogen (secondary N) is 1. The predicted molar refractivity (Wildman–Crippen MR) is 58.2 cm³/mol. The highest BCUT2D eigenvalue weighted by Crippen LogP contribution is 2.15. The van der Waals surface area contributed by atoms with Crippen molar-refractivity contribution < 1.29 is 14.6 Å². The topological polar surface area (TPSA) is 115 Å². The number of nitro benzene ring substituents is 1. The molecule has 0 aliphatic heterocycles. The quantitative estimate of drug-likeness (QED) is 0.625. The number of non-ortho nitro benzene ring substituents is 1. The minimum absolute atomic E-state index is 0.120. The third kappa shape index (κ3) is 3.23. The zero-order valence-electron chi connectivity index (χ0n) is 8.82. The van der Waals surface area contributed by atoms with Crippen LogP contribution in [0.1, 0.15) is 6.92 Å². The van der Waals surface area contributed by atoms with Crippen LogP contribution in [0.3, 0.4) is 0 Å². The first-order valence-electron chi connectivity index (χ1n) is 4.60. The molecule has 1 amide bonds. The molecule has 8 heteroatoms. The van der Waals surface area contributed by atoms with E-state index in [1.807, 2.05) is 0 Å². The minimum atomic E-state index is -1.37. The molecule has 0 aromatic heterocycles. The molecule has 8 nitrogen and oxygen atoms in total. The van der Waals surface area contributed by atoms with E-state index in [4.69, 9.17) is 0 Å². The van der Waals surface area contributed by atoms with Crippen LogP contribution in [-0.2, 0) is 4.79 Å². The fourth-order valence-corrected chi connectivity index (χ4v) is 1.01. The lowest BCUT2D eigenvalue weighted by molar-refractivity contribution is -0.502. The standard InChI is InChI=1S/C9H9N3O5/c1-6(11(14)15)9(13)10-7-2-4-8(5-3-7)12(16)17/h2-6H,1H3,(H,10,13). The van der Waals surface area contributed by atoms with Crippen molar-refractivity contribution in [1.29, 1.82) is 0 Å². The van der Waals surface area contributed by atoms with E-state index in [1.54, 1.807) is 0 Å². The lowest BCUT2D eigenvalue weighted by Gasteiger charge is -2.05. The second kappa shape index (κ2) is 5.01. The van der Waals surface area contributed by atoms with E-state index < -0.39 is 21.8 Å². The summed E-state index contributed by atoms with van der Waals surface area (Å²) < 4.78 is 0. The number of benzene rings is 1. The van der Waals surface area contributed by atoms with Crippen LogP contribution in [0.15, 0.2) is 24.3 Å². The Labute approximate surface area is 95.5 Å². The van der Waals surface area contributed by atoms with Crippen LogP contribution < -0.4 is 5.32 Å². The normalized spacial score (nSPS) is 11.6. The number of hydrogen-bond donors (Lipinski definition) is 1. The first kappa shape index (κ1) is 12.6. The number of nitro groups is 2. The molecular weight excluding hydrogens is 230 g/mol. The minimum Gasteiger partial charge on any atom is -0.320 e. The van der Waals surface area contributed by atoms with E-state index in [2.05, 4.69) is 5.32 Å². The molecule has 1 atom stereocenters. The van der Waals surface area contributed by atoms with Gasteiger partial charge in [-0.05, 0) is 12.1 Å². The van der Waals surface area contributed by atoms with Crippen LogP contribution >= 0.6 is 0 Å². The van der Waals surface area contributed by atoms with E-state index in [0.29, 0.717) is 0 Å². The second-order valence-corrected chi connectivity index (χ2v) is 3.25. The number of rotatable bonds is 4. The van der Waals surface area contributed by atoms with Gasteiger partial charge in [-0.3, -0.25) is 25.0 Å². The van der Waals surface area contributed by atoms with Crippen molar-refractivity contribution in [2.24, 2.45) is 0 Å². The summed E-state index contributed by atoms with van der Waals surface area (Å²) in [5.41, 5.74) is 0.152. The molecular formula is C9H9N3O5. The molecule has 0 bridgehead atoms. The number of nitrogens with zero attached hydrogens (tertiary/aromatic N) is 2. The van der Waals surface area contributed by atoms with Gasteiger partial charge in [0.05, 0.1) is 4.92 Å². The van der Waals surface area contributed by atoms with Crippen LogP contribution in [0.2, 0.25) is 0 Å². The molecule has 0 spiro atoms. The highest BCUT2D eigenvalue weighted by molar-refractivity contribution is 5.93. The van der Waals surface area contributed by atoms with Gasteiger partial charge in [0.15, 0.2) is 0 Å². The Kier molecular flexibility index (Phi) is 3.70. The van der Waals surface area contributed by atoms with Crippen molar-refractivity contribution in [3.05, 3.63) is 44.5 Å². The van der Waals surface area contributed by atoms with Crippen molar-refractivity contribution in [2.45, 2.75) is 13.0 Å². The Morgan fingerprint density at radius 1 is 1.24 bits per heavy atom. The van der Waals surface area contributed by atoms with Gasteiger partial charge in [0.25, 0.3) is 17.6 Å². The molecule has 1 aromatic rings. The molecule has 1 aromatic carbocycles. The highest BCUT2D eigenvalue weighted by atomic mass is 16.6. The van der Waals surface area contributed by atoms with Gasteiger partial charge in [0, 0.05) is 29.7 Å². The van der Waals surface area contributed by atoms with E-state index in [1.165, 1.54) is 24.3 Å². The summed E-state index contributed by atoms with van der Waals surface area (Å²) in [6.45, 7) is 1.15. The van der Waals surface area contributed by atoms with E-state index >= 15 is 0 Å².